The first-order chi connectivity index (χ1) is 14.1. The number of rotatable bonds is 3. The standard InChI is InChI=1S/C22H26N4O3/c1-15-24-20(25-29-15)12-16-6-11-28-22(13-16)7-9-26(10-8-22)21(27)18-14-23-19-5-3-2-4-17(18)19/h2-5,14,16,23H,6-13H2,1H3. The number of piperidine rings is 1. The molecule has 1 spiro atoms. The van der Waals surface area contributed by atoms with Gasteiger partial charge in [0.1, 0.15) is 0 Å². The van der Waals surface area contributed by atoms with Gasteiger partial charge in [0.15, 0.2) is 5.82 Å². The van der Waals surface area contributed by atoms with Gasteiger partial charge in [0.2, 0.25) is 5.89 Å². The van der Waals surface area contributed by atoms with E-state index in [0.717, 1.165) is 74.1 Å². The molecule has 1 N–H and O–H groups in total. The van der Waals surface area contributed by atoms with Gasteiger partial charge in [0.05, 0.1) is 11.2 Å². The number of para-hydroxylation sites is 1. The Kier molecular flexibility index (Phi) is 4.62. The summed E-state index contributed by atoms with van der Waals surface area (Å²) in [6.07, 6.45) is 6.44. The fourth-order valence-corrected chi connectivity index (χ4v) is 4.87. The van der Waals surface area contributed by atoms with Crippen LogP contribution in [-0.4, -0.2) is 51.2 Å². The molecule has 0 aliphatic carbocycles. The normalized spacial score (nSPS) is 21.7. The van der Waals surface area contributed by atoms with Crippen LogP contribution in [0.4, 0.5) is 0 Å². The molecule has 7 nitrogen and oxygen atoms in total. The lowest BCUT2D eigenvalue weighted by molar-refractivity contribution is -0.123. The van der Waals surface area contributed by atoms with Crippen molar-refractivity contribution in [3.63, 3.8) is 0 Å². The molecule has 1 aromatic carbocycles. The predicted octanol–water partition coefficient (Wildman–Crippen LogP) is 3.50. The highest BCUT2D eigenvalue weighted by atomic mass is 16.5. The van der Waals surface area contributed by atoms with Gasteiger partial charge in [-0.25, -0.2) is 0 Å². The Hall–Kier alpha value is -2.67. The molecule has 2 aromatic heterocycles. The molecule has 5 rings (SSSR count). The minimum Gasteiger partial charge on any atom is -0.375 e. The Morgan fingerprint density at radius 3 is 2.93 bits per heavy atom. The monoisotopic (exact) mass is 394 g/mol. The molecule has 0 bridgehead atoms. The van der Waals surface area contributed by atoms with E-state index < -0.39 is 0 Å². The number of aromatic nitrogens is 3. The van der Waals surface area contributed by atoms with Crippen molar-refractivity contribution in [2.24, 2.45) is 5.92 Å². The van der Waals surface area contributed by atoms with E-state index in [4.69, 9.17) is 9.26 Å². The molecule has 0 saturated carbocycles. The summed E-state index contributed by atoms with van der Waals surface area (Å²) < 4.78 is 11.4. The first-order valence-corrected chi connectivity index (χ1v) is 10.4. The maximum Gasteiger partial charge on any atom is 0.256 e. The molecule has 2 saturated heterocycles. The van der Waals surface area contributed by atoms with Crippen LogP contribution in [0.15, 0.2) is 35.0 Å². The van der Waals surface area contributed by atoms with Gasteiger partial charge in [-0.3, -0.25) is 4.79 Å². The lowest BCUT2D eigenvalue weighted by Gasteiger charge is -2.46. The second-order valence-corrected chi connectivity index (χ2v) is 8.36. The highest BCUT2D eigenvalue weighted by molar-refractivity contribution is 6.06. The van der Waals surface area contributed by atoms with Gasteiger partial charge < -0.3 is 19.1 Å². The number of hydrogen-bond acceptors (Lipinski definition) is 5. The number of amides is 1. The molecule has 152 valence electrons. The Morgan fingerprint density at radius 2 is 2.14 bits per heavy atom. The molecule has 7 heteroatoms. The summed E-state index contributed by atoms with van der Waals surface area (Å²) in [5.74, 6) is 2.01. The summed E-state index contributed by atoms with van der Waals surface area (Å²) in [7, 11) is 0. The van der Waals surface area contributed by atoms with E-state index in [9.17, 15) is 4.79 Å². The third kappa shape index (κ3) is 3.55. The lowest BCUT2D eigenvalue weighted by atomic mass is 9.78. The summed E-state index contributed by atoms with van der Waals surface area (Å²) in [5, 5.41) is 5.04. The summed E-state index contributed by atoms with van der Waals surface area (Å²) in [4.78, 5) is 22.6. The van der Waals surface area contributed by atoms with Crippen molar-refractivity contribution in [3.05, 3.63) is 47.7 Å². The van der Waals surface area contributed by atoms with Crippen LogP contribution >= 0.6 is 0 Å². The van der Waals surface area contributed by atoms with Gasteiger partial charge in [-0.1, -0.05) is 23.4 Å². The molecule has 2 fully saturated rings. The fourth-order valence-electron chi connectivity index (χ4n) is 4.87. The second kappa shape index (κ2) is 7.30. The van der Waals surface area contributed by atoms with Gasteiger partial charge in [0, 0.05) is 50.1 Å². The number of aromatic amines is 1. The van der Waals surface area contributed by atoms with E-state index >= 15 is 0 Å². The molecule has 2 aliphatic heterocycles. The molecule has 2 aliphatic rings. The van der Waals surface area contributed by atoms with E-state index in [2.05, 4.69) is 15.1 Å². The van der Waals surface area contributed by atoms with Crippen LogP contribution in [0.25, 0.3) is 10.9 Å². The number of carbonyl (C=O) groups is 1. The third-order valence-corrected chi connectivity index (χ3v) is 6.42. The third-order valence-electron chi connectivity index (χ3n) is 6.42. The van der Waals surface area contributed by atoms with Gasteiger partial charge in [0.25, 0.3) is 5.91 Å². The first-order valence-electron chi connectivity index (χ1n) is 10.4. The van der Waals surface area contributed by atoms with Gasteiger partial charge in [-0.15, -0.1) is 0 Å². The molecule has 1 unspecified atom stereocenters. The van der Waals surface area contributed by atoms with Gasteiger partial charge >= 0.3 is 0 Å². The smallest absolute Gasteiger partial charge is 0.256 e. The molecule has 0 radical (unpaired) electrons. The zero-order valence-electron chi connectivity index (χ0n) is 16.7. The van der Waals surface area contributed by atoms with Crippen LogP contribution in [-0.2, 0) is 11.2 Å². The highest BCUT2D eigenvalue weighted by Gasteiger charge is 2.41. The SMILES string of the molecule is Cc1nc(CC2CCOC3(CCN(C(=O)c4c[nH]c5ccccc45)CC3)C2)no1. The molecular formula is C22H26N4O3. The number of aryl methyl sites for hydroxylation is 1. The number of carbonyl (C=O) groups excluding carboxylic acids is 1. The number of hydrogen-bond donors (Lipinski definition) is 1. The van der Waals surface area contributed by atoms with Crippen molar-refractivity contribution in [1.82, 2.24) is 20.0 Å². The molecular weight excluding hydrogens is 368 g/mol. The van der Waals surface area contributed by atoms with E-state index in [-0.39, 0.29) is 11.5 Å². The number of nitrogens with one attached hydrogen (secondary N) is 1. The highest BCUT2D eigenvalue weighted by Crippen LogP contribution is 2.39. The Balaban J connectivity index is 1.24. The first kappa shape index (κ1) is 18.4. The number of ether oxygens (including phenoxy) is 1. The van der Waals surface area contributed by atoms with Gasteiger partial charge in [-0.2, -0.15) is 4.98 Å². The number of benzene rings is 1. The zero-order chi connectivity index (χ0) is 19.8. The van der Waals surface area contributed by atoms with Crippen LogP contribution in [0, 0.1) is 12.8 Å². The van der Waals surface area contributed by atoms with Crippen LogP contribution in [0.5, 0.6) is 0 Å². The Labute approximate surface area is 169 Å². The fraction of sp³-hybridized carbons (Fsp3) is 0.500. The largest absolute Gasteiger partial charge is 0.375 e. The van der Waals surface area contributed by atoms with E-state index in [0.29, 0.717) is 11.8 Å². The zero-order valence-corrected chi connectivity index (χ0v) is 16.7. The van der Waals surface area contributed by atoms with Crippen molar-refractivity contribution in [1.29, 1.82) is 0 Å². The summed E-state index contributed by atoms with van der Waals surface area (Å²) in [5.41, 5.74) is 1.63. The van der Waals surface area contributed by atoms with Crippen molar-refractivity contribution in [3.8, 4) is 0 Å². The van der Waals surface area contributed by atoms with E-state index in [1.54, 1.807) is 0 Å². The summed E-state index contributed by atoms with van der Waals surface area (Å²) in [6.45, 7) is 4.04. The molecule has 1 amide bonds. The molecule has 1 atom stereocenters. The van der Waals surface area contributed by atoms with Crippen LogP contribution in [0.3, 0.4) is 0 Å². The summed E-state index contributed by atoms with van der Waals surface area (Å²) in [6, 6.07) is 7.95. The average molecular weight is 394 g/mol. The van der Waals surface area contributed by atoms with Crippen LogP contribution in [0.2, 0.25) is 0 Å². The maximum absolute atomic E-state index is 13.1. The van der Waals surface area contributed by atoms with Crippen molar-refractivity contribution >= 4 is 16.8 Å². The average Bonchev–Trinajstić information content (AvgIpc) is 3.34. The van der Waals surface area contributed by atoms with E-state index in [1.807, 2.05) is 42.3 Å². The molecule has 3 aromatic rings. The van der Waals surface area contributed by atoms with Gasteiger partial charge in [-0.05, 0) is 37.7 Å². The maximum atomic E-state index is 13.1. The minimum absolute atomic E-state index is 0.104. The number of likely N-dealkylation sites (tertiary alicyclic amines) is 1. The van der Waals surface area contributed by atoms with Crippen molar-refractivity contribution in [2.75, 3.05) is 19.7 Å². The quantitative estimate of drug-likeness (QED) is 0.735. The minimum atomic E-state index is -0.126. The molecule has 29 heavy (non-hydrogen) atoms. The van der Waals surface area contributed by atoms with Crippen molar-refractivity contribution < 1.29 is 14.1 Å². The van der Waals surface area contributed by atoms with E-state index in [1.165, 1.54) is 0 Å². The van der Waals surface area contributed by atoms with Crippen LogP contribution < -0.4 is 0 Å². The lowest BCUT2D eigenvalue weighted by Crippen LogP contribution is -2.51. The summed E-state index contributed by atoms with van der Waals surface area (Å²) >= 11 is 0. The number of nitrogens with zero attached hydrogens (tertiary/aromatic N) is 3. The Bertz CT molecular complexity index is 1020. The Morgan fingerprint density at radius 1 is 1.31 bits per heavy atom. The molecule has 4 heterocycles. The number of H-pyrrole nitrogens is 1. The second-order valence-electron chi connectivity index (χ2n) is 8.36. The topological polar surface area (TPSA) is 84.2 Å². The van der Waals surface area contributed by atoms with Crippen LogP contribution in [0.1, 0.15) is 47.8 Å². The van der Waals surface area contributed by atoms with Crippen molar-refractivity contribution in [2.45, 2.75) is 44.6 Å². The number of fused-ring (bicyclic) bond motifs is 1. The predicted molar refractivity (Wildman–Crippen MR) is 108 cm³/mol.